The Morgan fingerprint density at radius 2 is 1.83 bits per heavy atom. The molecule has 4 aromatic rings. The molecule has 0 radical (unpaired) electrons. The van der Waals surface area contributed by atoms with E-state index in [4.69, 9.17) is 15.2 Å². The second-order valence-corrected chi connectivity index (χ2v) is 12.8. The van der Waals surface area contributed by atoms with E-state index < -0.39 is 11.5 Å². The molecule has 0 aliphatic heterocycles. The number of hydrogen-bond donors (Lipinski definition) is 3. The molecule has 0 bridgehead atoms. The van der Waals surface area contributed by atoms with E-state index in [1.807, 2.05) is 47.0 Å². The lowest BCUT2D eigenvalue weighted by atomic mass is 9.92. The lowest BCUT2D eigenvalue weighted by molar-refractivity contribution is 0.0279. The van der Waals surface area contributed by atoms with Gasteiger partial charge in [-0.15, -0.1) is 11.3 Å². The summed E-state index contributed by atoms with van der Waals surface area (Å²) < 4.78 is 13.9. The van der Waals surface area contributed by atoms with E-state index in [1.165, 1.54) is 11.3 Å². The highest BCUT2D eigenvalue weighted by Crippen LogP contribution is 2.44. The molecule has 0 saturated heterocycles. The minimum Gasteiger partial charge on any atom is -0.489 e. The minimum atomic E-state index is -0.954. The Kier molecular flexibility index (Phi) is 7.63. The Hall–Kier alpha value is -3.96. The van der Waals surface area contributed by atoms with Gasteiger partial charge in [0.25, 0.3) is 11.8 Å². The smallest absolute Gasteiger partial charge is 0.264 e. The van der Waals surface area contributed by atoms with Crippen LogP contribution in [0.4, 0.5) is 0 Å². The normalized spacial score (nSPS) is 19.0. The molecule has 0 unspecified atom stereocenters. The zero-order valence-corrected chi connectivity index (χ0v) is 24.5. The van der Waals surface area contributed by atoms with Gasteiger partial charge in [0.05, 0.1) is 28.6 Å². The van der Waals surface area contributed by atoms with Crippen molar-refractivity contribution in [2.75, 3.05) is 6.61 Å². The van der Waals surface area contributed by atoms with Crippen molar-refractivity contribution in [2.45, 2.75) is 76.0 Å². The van der Waals surface area contributed by atoms with Crippen LogP contribution in [0.2, 0.25) is 0 Å². The van der Waals surface area contributed by atoms with Crippen molar-refractivity contribution >= 4 is 28.7 Å². The molecule has 3 aromatic heterocycles. The number of benzene rings is 1. The first kappa shape index (κ1) is 28.2. The third kappa shape index (κ3) is 6.12. The molecular formula is C31H35N5O5S. The Morgan fingerprint density at radius 1 is 1.10 bits per heavy atom. The SMILES string of the molecule is CC(C)(O)COc1ccc2c(C(=O)N[C@H]3CC[C@H](Oc4nc(-c5ccccc5)sc4C(N)=O)CC3)cnn2c1C1CC1. The number of pyridine rings is 1. The van der Waals surface area contributed by atoms with Crippen LogP contribution in [-0.4, -0.2) is 55.9 Å². The number of primary amides is 1. The fraction of sp³-hybridized carbons (Fsp3) is 0.419. The lowest BCUT2D eigenvalue weighted by Gasteiger charge is -2.29. The molecule has 3 heterocycles. The summed E-state index contributed by atoms with van der Waals surface area (Å²) in [6.07, 6.45) is 6.47. The number of hydrogen-bond acceptors (Lipinski definition) is 8. The summed E-state index contributed by atoms with van der Waals surface area (Å²) in [4.78, 5) is 30.3. The number of carbonyl (C=O) groups is 2. The van der Waals surface area contributed by atoms with Crippen molar-refractivity contribution in [3.63, 3.8) is 0 Å². The van der Waals surface area contributed by atoms with Crippen LogP contribution in [0, 0.1) is 0 Å². The second-order valence-electron chi connectivity index (χ2n) is 11.8. The van der Waals surface area contributed by atoms with Gasteiger partial charge in [0.2, 0.25) is 5.88 Å². The van der Waals surface area contributed by atoms with Gasteiger partial charge >= 0.3 is 0 Å². The van der Waals surface area contributed by atoms with E-state index in [2.05, 4.69) is 15.4 Å². The van der Waals surface area contributed by atoms with Crippen LogP contribution in [0.25, 0.3) is 16.1 Å². The van der Waals surface area contributed by atoms with Crippen LogP contribution < -0.4 is 20.5 Å². The third-order valence-corrected chi connectivity index (χ3v) is 8.70. The summed E-state index contributed by atoms with van der Waals surface area (Å²) in [5, 5.41) is 18.5. The quantitative estimate of drug-likeness (QED) is 0.243. The molecular weight excluding hydrogens is 554 g/mol. The largest absolute Gasteiger partial charge is 0.489 e. The van der Waals surface area contributed by atoms with Crippen molar-refractivity contribution in [1.82, 2.24) is 19.9 Å². The number of ether oxygens (including phenoxy) is 2. The maximum absolute atomic E-state index is 13.3. The van der Waals surface area contributed by atoms with Gasteiger partial charge in [0, 0.05) is 17.5 Å². The summed E-state index contributed by atoms with van der Waals surface area (Å²) in [6.45, 7) is 3.58. The maximum atomic E-state index is 13.3. The van der Waals surface area contributed by atoms with Crippen molar-refractivity contribution in [2.24, 2.45) is 5.73 Å². The van der Waals surface area contributed by atoms with Crippen LogP contribution in [0.5, 0.6) is 11.6 Å². The van der Waals surface area contributed by atoms with Gasteiger partial charge in [0.15, 0.2) is 4.88 Å². The first-order valence-corrected chi connectivity index (χ1v) is 15.2. The standard InChI is InChI=1S/C31H35N5O5S/c1-31(2,39)17-40-24-15-14-23-22(16-33-36(23)25(24)18-8-9-18)28(38)34-20-10-12-21(13-11-20)41-29-26(27(32)37)42-30(35-29)19-6-4-3-5-7-19/h3-7,14-16,18,20-21,39H,8-13,17H2,1-2H3,(H2,32,37)(H,34,38)/t20-,21-. The van der Waals surface area contributed by atoms with Crippen molar-refractivity contribution in [1.29, 1.82) is 0 Å². The van der Waals surface area contributed by atoms with Gasteiger partial charge in [-0.2, -0.15) is 5.10 Å². The molecule has 1 aromatic carbocycles. The number of nitrogens with one attached hydrogen (secondary N) is 1. The van der Waals surface area contributed by atoms with Gasteiger partial charge in [-0.3, -0.25) is 9.59 Å². The highest BCUT2D eigenvalue weighted by Gasteiger charge is 2.32. The molecule has 42 heavy (non-hydrogen) atoms. The van der Waals surface area contributed by atoms with Gasteiger partial charge < -0.3 is 25.6 Å². The van der Waals surface area contributed by atoms with E-state index in [9.17, 15) is 14.7 Å². The number of aromatic nitrogens is 3. The molecule has 0 spiro atoms. The van der Waals surface area contributed by atoms with Gasteiger partial charge in [0.1, 0.15) is 23.5 Å². The molecule has 2 aliphatic carbocycles. The zero-order chi connectivity index (χ0) is 29.4. The third-order valence-electron chi connectivity index (χ3n) is 7.60. The van der Waals surface area contributed by atoms with Crippen molar-refractivity contribution < 1.29 is 24.2 Å². The van der Waals surface area contributed by atoms with E-state index in [0.29, 0.717) is 40.0 Å². The molecule has 2 aliphatic rings. The molecule has 11 heteroatoms. The summed E-state index contributed by atoms with van der Waals surface area (Å²) in [5.41, 5.74) is 7.77. The highest BCUT2D eigenvalue weighted by molar-refractivity contribution is 7.17. The monoisotopic (exact) mass is 589 g/mol. The van der Waals surface area contributed by atoms with Crippen molar-refractivity contribution in [3.8, 4) is 22.2 Å². The Morgan fingerprint density at radius 3 is 2.50 bits per heavy atom. The fourth-order valence-electron chi connectivity index (χ4n) is 5.33. The molecule has 10 nitrogen and oxygen atoms in total. The first-order valence-electron chi connectivity index (χ1n) is 14.4. The average Bonchev–Trinajstić information content (AvgIpc) is 3.56. The molecule has 220 valence electrons. The van der Waals surface area contributed by atoms with Crippen LogP contribution in [-0.2, 0) is 0 Å². The molecule has 2 saturated carbocycles. The molecule has 2 amide bonds. The van der Waals surface area contributed by atoms with Gasteiger partial charge in [-0.1, -0.05) is 30.3 Å². The Balaban J connectivity index is 1.10. The number of thiazole rings is 1. The number of rotatable bonds is 10. The van der Waals surface area contributed by atoms with Crippen LogP contribution in [0.15, 0.2) is 48.7 Å². The maximum Gasteiger partial charge on any atom is 0.264 e. The molecule has 2 fully saturated rings. The van der Waals surface area contributed by atoms with Crippen molar-refractivity contribution in [3.05, 3.63) is 64.8 Å². The lowest BCUT2D eigenvalue weighted by Crippen LogP contribution is -2.39. The summed E-state index contributed by atoms with van der Waals surface area (Å²) in [5.74, 6) is 0.579. The predicted octanol–water partition coefficient (Wildman–Crippen LogP) is 4.70. The van der Waals surface area contributed by atoms with Crippen LogP contribution in [0.1, 0.15) is 84.0 Å². The minimum absolute atomic E-state index is 0.00415. The zero-order valence-electron chi connectivity index (χ0n) is 23.7. The number of amides is 2. The van der Waals surface area contributed by atoms with Crippen LogP contribution in [0.3, 0.4) is 0 Å². The number of nitrogens with zero attached hydrogens (tertiary/aromatic N) is 3. The predicted molar refractivity (Wildman–Crippen MR) is 159 cm³/mol. The fourth-order valence-corrected chi connectivity index (χ4v) is 6.19. The summed E-state index contributed by atoms with van der Waals surface area (Å²) in [6, 6.07) is 13.3. The van der Waals surface area contributed by atoms with E-state index in [-0.39, 0.29) is 30.5 Å². The topological polar surface area (TPSA) is 141 Å². The van der Waals surface area contributed by atoms with Gasteiger partial charge in [-0.05, 0) is 64.5 Å². The average molecular weight is 590 g/mol. The Bertz CT molecular complexity index is 1600. The van der Waals surface area contributed by atoms with E-state index in [0.717, 1.165) is 42.5 Å². The molecule has 0 atom stereocenters. The number of aliphatic hydroxyl groups is 1. The van der Waals surface area contributed by atoms with Gasteiger partial charge in [-0.25, -0.2) is 9.50 Å². The first-order chi connectivity index (χ1) is 20.2. The molecule has 4 N–H and O–H groups in total. The highest BCUT2D eigenvalue weighted by atomic mass is 32.1. The van der Waals surface area contributed by atoms with E-state index >= 15 is 0 Å². The number of nitrogens with two attached hydrogens (primary N) is 1. The Labute approximate surface area is 247 Å². The second kappa shape index (κ2) is 11.4. The summed E-state index contributed by atoms with van der Waals surface area (Å²) in [7, 11) is 0. The molecule has 6 rings (SSSR count). The number of fused-ring (bicyclic) bond motifs is 1. The van der Waals surface area contributed by atoms with E-state index in [1.54, 1.807) is 20.0 Å². The number of carbonyl (C=O) groups excluding carboxylic acids is 2. The van der Waals surface area contributed by atoms with Crippen LogP contribution >= 0.6 is 11.3 Å². The summed E-state index contributed by atoms with van der Waals surface area (Å²) >= 11 is 1.23.